The molecule has 3 aromatic rings. The predicted octanol–water partition coefficient (Wildman–Crippen LogP) is 4.02. The van der Waals surface area contributed by atoms with Crippen molar-refractivity contribution in [3.8, 4) is 5.75 Å². The summed E-state index contributed by atoms with van der Waals surface area (Å²) in [7, 11) is 0. The first-order valence-electron chi connectivity index (χ1n) is 9.78. The third-order valence-electron chi connectivity index (χ3n) is 5.01. The first kappa shape index (κ1) is 20.4. The van der Waals surface area contributed by atoms with Gasteiger partial charge in [-0.2, -0.15) is 5.10 Å². The predicted molar refractivity (Wildman–Crippen MR) is 105 cm³/mol. The molecule has 1 aliphatic heterocycles. The van der Waals surface area contributed by atoms with E-state index in [0.717, 1.165) is 30.1 Å². The van der Waals surface area contributed by atoms with Gasteiger partial charge in [0.15, 0.2) is 11.6 Å². The van der Waals surface area contributed by atoms with Crippen LogP contribution in [0.2, 0.25) is 0 Å². The van der Waals surface area contributed by atoms with E-state index in [9.17, 15) is 13.2 Å². The molecular formula is C22H22F3N3O2. The Kier molecular flexibility index (Phi) is 6.35. The van der Waals surface area contributed by atoms with Gasteiger partial charge in [-0.3, -0.25) is 10.00 Å². The topological polar surface area (TPSA) is 50.4 Å². The van der Waals surface area contributed by atoms with E-state index < -0.39 is 11.6 Å². The summed E-state index contributed by atoms with van der Waals surface area (Å²) in [5, 5.41) is 7.30. The molecule has 0 radical (unpaired) electrons. The molecule has 1 unspecified atom stereocenters. The van der Waals surface area contributed by atoms with E-state index in [-0.39, 0.29) is 24.3 Å². The van der Waals surface area contributed by atoms with Crippen LogP contribution in [0.3, 0.4) is 0 Å². The fraction of sp³-hybridized carbons (Fsp3) is 0.318. The van der Waals surface area contributed by atoms with Gasteiger partial charge in [-0.25, -0.2) is 13.2 Å². The normalized spacial score (nSPS) is 17.2. The second kappa shape index (κ2) is 9.32. The fourth-order valence-electron chi connectivity index (χ4n) is 3.41. The van der Waals surface area contributed by atoms with Crippen LogP contribution in [0.4, 0.5) is 13.2 Å². The van der Waals surface area contributed by atoms with E-state index in [1.54, 1.807) is 12.1 Å². The molecule has 0 bridgehead atoms. The summed E-state index contributed by atoms with van der Waals surface area (Å²) < 4.78 is 51.4. The van der Waals surface area contributed by atoms with Gasteiger partial charge in [-0.1, -0.05) is 18.2 Å². The van der Waals surface area contributed by atoms with Crippen LogP contribution in [0.15, 0.2) is 48.5 Å². The summed E-state index contributed by atoms with van der Waals surface area (Å²) in [6.45, 7) is 2.69. The molecule has 30 heavy (non-hydrogen) atoms. The number of rotatable bonds is 7. The van der Waals surface area contributed by atoms with Crippen molar-refractivity contribution in [2.75, 3.05) is 26.3 Å². The molecule has 158 valence electrons. The van der Waals surface area contributed by atoms with Gasteiger partial charge in [0, 0.05) is 43.4 Å². The minimum atomic E-state index is -0.939. The zero-order valence-corrected chi connectivity index (χ0v) is 16.3. The van der Waals surface area contributed by atoms with E-state index in [0.29, 0.717) is 31.7 Å². The van der Waals surface area contributed by atoms with Crippen molar-refractivity contribution in [1.82, 2.24) is 15.1 Å². The summed E-state index contributed by atoms with van der Waals surface area (Å²) in [5.41, 5.74) is 2.29. The Labute approximate surface area is 172 Å². The molecule has 1 saturated heterocycles. The number of ether oxygens (including phenoxy) is 2. The first-order valence-corrected chi connectivity index (χ1v) is 9.78. The lowest BCUT2D eigenvalue weighted by Crippen LogP contribution is -2.38. The van der Waals surface area contributed by atoms with Crippen molar-refractivity contribution in [3.05, 3.63) is 82.9 Å². The molecule has 8 heteroatoms. The number of nitrogens with one attached hydrogen (secondary N) is 1. The smallest absolute Gasteiger partial charge is 0.162 e. The molecule has 1 aliphatic rings. The van der Waals surface area contributed by atoms with Crippen molar-refractivity contribution >= 4 is 0 Å². The maximum absolute atomic E-state index is 13.9. The lowest BCUT2D eigenvalue weighted by Gasteiger charge is -2.32. The molecule has 2 heterocycles. The van der Waals surface area contributed by atoms with Crippen LogP contribution >= 0.6 is 0 Å². The van der Waals surface area contributed by atoms with Crippen LogP contribution < -0.4 is 4.74 Å². The van der Waals surface area contributed by atoms with Gasteiger partial charge in [0.1, 0.15) is 17.7 Å². The number of H-pyrrole nitrogens is 1. The van der Waals surface area contributed by atoms with Crippen molar-refractivity contribution in [1.29, 1.82) is 0 Å². The summed E-state index contributed by atoms with van der Waals surface area (Å²) in [6, 6.07) is 12.1. The molecule has 4 rings (SSSR count). The summed E-state index contributed by atoms with van der Waals surface area (Å²) in [5.74, 6) is -1.78. The quantitative estimate of drug-likeness (QED) is 0.631. The molecule has 0 spiro atoms. The van der Waals surface area contributed by atoms with Gasteiger partial charge in [-0.05, 0) is 24.3 Å². The van der Waals surface area contributed by atoms with E-state index in [4.69, 9.17) is 9.47 Å². The second-order valence-electron chi connectivity index (χ2n) is 7.18. The number of morpholine rings is 1. The average molecular weight is 417 g/mol. The van der Waals surface area contributed by atoms with E-state index in [2.05, 4.69) is 15.1 Å². The Balaban J connectivity index is 1.30. The SMILES string of the molecule is Fc1ccc(OCCc2cc(C3CN(Cc4ccccc4F)CCO3)n[nH]2)cc1F. The Morgan fingerprint density at radius 1 is 1.07 bits per heavy atom. The maximum atomic E-state index is 13.9. The number of aromatic nitrogens is 2. The van der Waals surface area contributed by atoms with Gasteiger partial charge in [0.2, 0.25) is 0 Å². The summed E-state index contributed by atoms with van der Waals surface area (Å²) in [6.07, 6.45) is 0.320. The van der Waals surface area contributed by atoms with Gasteiger partial charge in [-0.15, -0.1) is 0 Å². The largest absolute Gasteiger partial charge is 0.493 e. The highest BCUT2D eigenvalue weighted by molar-refractivity contribution is 5.24. The molecule has 2 aromatic carbocycles. The zero-order chi connectivity index (χ0) is 20.9. The Hall–Kier alpha value is -2.84. The van der Waals surface area contributed by atoms with Crippen LogP contribution in [0.1, 0.15) is 23.1 Å². The molecule has 1 atom stereocenters. The molecule has 0 aliphatic carbocycles. The first-order chi connectivity index (χ1) is 14.6. The van der Waals surface area contributed by atoms with Gasteiger partial charge < -0.3 is 9.47 Å². The molecule has 5 nitrogen and oxygen atoms in total. The maximum Gasteiger partial charge on any atom is 0.162 e. The highest BCUT2D eigenvalue weighted by atomic mass is 19.2. The number of halogens is 3. The van der Waals surface area contributed by atoms with Crippen LogP contribution in [-0.4, -0.2) is 41.4 Å². The minimum Gasteiger partial charge on any atom is -0.493 e. The monoisotopic (exact) mass is 417 g/mol. The summed E-state index contributed by atoms with van der Waals surface area (Å²) in [4.78, 5) is 2.15. The molecular weight excluding hydrogens is 395 g/mol. The van der Waals surface area contributed by atoms with Crippen molar-refractivity contribution in [2.45, 2.75) is 19.1 Å². The minimum absolute atomic E-state index is 0.205. The highest BCUT2D eigenvalue weighted by Crippen LogP contribution is 2.23. The third kappa shape index (κ3) is 5.01. The van der Waals surface area contributed by atoms with Crippen LogP contribution in [0.5, 0.6) is 5.75 Å². The summed E-state index contributed by atoms with van der Waals surface area (Å²) >= 11 is 0. The van der Waals surface area contributed by atoms with E-state index in [1.807, 2.05) is 12.1 Å². The Morgan fingerprint density at radius 3 is 2.77 bits per heavy atom. The molecule has 1 aromatic heterocycles. The standard InChI is InChI=1S/C22H22F3N3O2/c23-18-4-2-1-3-15(18)13-28-8-10-30-22(14-28)21-11-16(26-27-21)7-9-29-17-5-6-19(24)20(25)12-17/h1-6,11-12,22H,7-10,13-14H2,(H,26,27). The number of aromatic amines is 1. The van der Waals surface area contributed by atoms with Gasteiger partial charge in [0.05, 0.1) is 18.9 Å². The van der Waals surface area contributed by atoms with Crippen LogP contribution in [0.25, 0.3) is 0 Å². The molecule has 0 saturated carbocycles. The van der Waals surface area contributed by atoms with Gasteiger partial charge in [0.25, 0.3) is 0 Å². The average Bonchev–Trinajstić information content (AvgIpc) is 3.22. The molecule has 1 N–H and O–H groups in total. The van der Waals surface area contributed by atoms with Crippen molar-refractivity contribution in [2.24, 2.45) is 0 Å². The zero-order valence-electron chi connectivity index (χ0n) is 16.3. The number of nitrogens with zero attached hydrogens (tertiary/aromatic N) is 2. The lowest BCUT2D eigenvalue weighted by atomic mass is 10.1. The number of benzene rings is 2. The molecule has 1 fully saturated rings. The van der Waals surface area contributed by atoms with E-state index in [1.165, 1.54) is 12.1 Å². The van der Waals surface area contributed by atoms with Gasteiger partial charge >= 0.3 is 0 Å². The Morgan fingerprint density at radius 2 is 1.93 bits per heavy atom. The second-order valence-corrected chi connectivity index (χ2v) is 7.18. The molecule has 0 amide bonds. The van der Waals surface area contributed by atoms with Crippen LogP contribution in [-0.2, 0) is 17.7 Å². The van der Waals surface area contributed by atoms with Crippen molar-refractivity contribution in [3.63, 3.8) is 0 Å². The number of hydrogen-bond acceptors (Lipinski definition) is 4. The fourth-order valence-corrected chi connectivity index (χ4v) is 3.41. The number of hydrogen-bond donors (Lipinski definition) is 1. The van der Waals surface area contributed by atoms with Crippen molar-refractivity contribution < 1.29 is 22.6 Å². The highest BCUT2D eigenvalue weighted by Gasteiger charge is 2.24. The third-order valence-corrected chi connectivity index (χ3v) is 5.01. The van der Waals surface area contributed by atoms with Crippen LogP contribution in [0, 0.1) is 17.5 Å². The van der Waals surface area contributed by atoms with E-state index >= 15 is 0 Å². The Bertz CT molecular complexity index is 995. The lowest BCUT2D eigenvalue weighted by molar-refractivity contribution is -0.0352.